The van der Waals surface area contributed by atoms with Gasteiger partial charge in [-0.05, 0) is 106 Å². The molecule has 12 heteroatoms. The molecule has 2 aromatic carbocycles. The first-order chi connectivity index (χ1) is 23.4. The number of ether oxygens (including phenoxy) is 1. The van der Waals surface area contributed by atoms with Crippen LogP contribution in [-0.2, 0) is 26.9 Å². The minimum atomic E-state index is -5.31. The topological polar surface area (TPSA) is 68.6 Å². The van der Waals surface area contributed by atoms with E-state index in [-0.39, 0.29) is 35.6 Å². The van der Waals surface area contributed by atoms with Crippen molar-refractivity contribution in [2.24, 2.45) is 5.92 Å². The molecule has 0 saturated carbocycles. The molecule has 0 spiro atoms. The van der Waals surface area contributed by atoms with E-state index in [2.05, 4.69) is 4.90 Å². The number of likely N-dealkylation sites (tertiary alicyclic amines) is 1. The number of Topliss-reactive ketones (excluding diaryl/α,β-unsaturated/α-hetero) is 1. The van der Waals surface area contributed by atoms with Crippen LogP contribution in [0.2, 0.25) is 0 Å². The number of ketones is 1. The average Bonchev–Trinajstić information content (AvgIpc) is 2.98. The van der Waals surface area contributed by atoms with E-state index in [1.165, 1.54) is 37.5 Å². The van der Waals surface area contributed by atoms with Crippen LogP contribution in [0.5, 0.6) is 0 Å². The van der Waals surface area contributed by atoms with Gasteiger partial charge < -0.3 is 14.2 Å². The maximum absolute atomic E-state index is 16.6. The number of hydrogen-bond acceptors (Lipinski definition) is 5. The smallest absolute Gasteiger partial charge is 0.419 e. The van der Waals surface area contributed by atoms with Crippen LogP contribution in [0.4, 0.5) is 26.3 Å². The zero-order valence-corrected chi connectivity index (χ0v) is 29.3. The van der Waals surface area contributed by atoms with Crippen molar-refractivity contribution in [3.8, 4) is 11.1 Å². The number of halogens is 6. The van der Waals surface area contributed by atoms with Gasteiger partial charge in [0, 0.05) is 42.3 Å². The van der Waals surface area contributed by atoms with Crippen molar-refractivity contribution in [1.82, 2.24) is 9.47 Å². The van der Waals surface area contributed by atoms with E-state index in [9.17, 15) is 31.9 Å². The molecule has 50 heavy (non-hydrogen) atoms. The molecule has 1 aliphatic rings. The Hall–Kier alpha value is -3.93. The Kier molecular flexibility index (Phi) is 12.4. The molecule has 0 aliphatic carbocycles. The lowest BCUT2D eigenvalue weighted by Gasteiger charge is -2.31. The van der Waals surface area contributed by atoms with Crippen molar-refractivity contribution in [3.63, 3.8) is 0 Å². The van der Waals surface area contributed by atoms with Crippen molar-refractivity contribution in [3.05, 3.63) is 91.6 Å². The minimum absolute atomic E-state index is 0.130. The Morgan fingerprint density at radius 3 is 2.22 bits per heavy atom. The molecule has 2 heterocycles. The molecule has 6 nitrogen and oxygen atoms in total. The average molecular weight is 707 g/mol. The summed E-state index contributed by atoms with van der Waals surface area (Å²) in [6, 6.07) is 2.92. The first-order valence-electron chi connectivity index (χ1n) is 16.9. The lowest BCUT2D eigenvalue weighted by atomic mass is 9.83. The fraction of sp³-hybridized carbons (Fsp3) is 0.500. The van der Waals surface area contributed by atoms with Gasteiger partial charge in [-0.1, -0.05) is 19.9 Å². The highest BCUT2D eigenvalue weighted by Gasteiger charge is 2.40. The van der Waals surface area contributed by atoms with Crippen LogP contribution in [0.3, 0.4) is 0 Å². The monoisotopic (exact) mass is 706 g/mol. The lowest BCUT2D eigenvalue weighted by molar-refractivity contribution is -0.143. The Bertz CT molecular complexity index is 1800. The second kappa shape index (κ2) is 16.0. The van der Waals surface area contributed by atoms with E-state index in [1.54, 1.807) is 13.1 Å². The predicted octanol–water partition coefficient (Wildman–Crippen LogP) is 8.41. The standard InChI is InChI=1S/C38H44F6N2O4/c1-7-50-33(49)18-26(35-36(40)27(19-28(37(35)41)38(42,43)44)34-22(4)9-10-29(39)24(34)6)17-31(47)30(15-21(2)3)46-20-25(23(5)16-32(46)48)11-14-45-12-8-13-45/h9-10,16,19-21,26,30H,7-8,11-15,17-18H2,1-6H3/t26-,30?/m0/s1. The highest BCUT2D eigenvalue weighted by Crippen LogP contribution is 2.44. The maximum atomic E-state index is 16.6. The lowest BCUT2D eigenvalue weighted by Crippen LogP contribution is -2.38. The number of carbonyl (C=O) groups excluding carboxylic acids is 2. The zero-order chi connectivity index (χ0) is 37.1. The Morgan fingerprint density at radius 1 is 0.960 bits per heavy atom. The molecule has 1 unspecified atom stereocenters. The molecule has 1 saturated heterocycles. The summed E-state index contributed by atoms with van der Waals surface area (Å²) < 4.78 is 96.7. The molecule has 0 bridgehead atoms. The molecule has 1 aromatic heterocycles. The van der Waals surface area contributed by atoms with Gasteiger partial charge in [0.25, 0.3) is 5.56 Å². The number of aryl methyl sites for hydroxylation is 2. The second-order valence-corrected chi connectivity index (χ2v) is 13.6. The summed E-state index contributed by atoms with van der Waals surface area (Å²) >= 11 is 0. The molecule has 1 aliphatic heterocycles. The molecular formula is C38H44F6N2O4. The zero-order valence-electron chi connectivity index (χ0n) is 29.3. The van der Waals surface area contributed by atoms with Gasteiger partial charge in [-0.15, -0.1) is 0 Å². The first-order valence-corrected chi connectivity index (χ1v) is 16.9. The van der Waals surface area contributed by atoms with Crippen molar-refractivity contribution < 1.29 is 40.7 Å². The summed E-state index contributed by atoms with van der Waals surface area (Å²) in [5.74, 6) is -7.81. The predicted molar refractivity (Wildman–Crippen MR) is 179 cm³/mol. The number of aromatic nitrogens is 1. The van der Waals surface area contributed by atoms with Crippen molar-refractivity contribution in [2.75, 3.05) is 26.2 Å². The van der Waals surface area contributed by atoms with E-state index in [0.29, 0.717) is 12.5 Å². The molecule has 0 radical (unpaired) electrons. The van der Waals surface area contributed by atoms with Gasteiger partial charge in [0.1, 0.15) is 17.5 Å². The molecule has 4 rings (SSSR count). The van der Waals surface area contributed by atoms with Crippen molar-refractivity contribution >= 4 is 11.8 Å². The summed E-state index contributed by atoms with van der Waals surface area (Å²) in [6.07, 6.45) is -3.45. The molecule has 3 aromatic rings. The third-order valence-corrected chi connectivity index (χ3v) is 9.43. The van der Waals surface area contributed by atoms with Gasteiger partial charge in [0.2, 0.25) is 0 Å². The number of alkyl halides is 3. The summed E-state index contributed by atoms with van der Waals surface area (Å²) in [6.45, 7) is 12.2. The van der Waals surface area contributed by atoms with E-state index < -0.39 is 82.4 Å². The first kappa shape index (κ1) is 38.9. The van der Waals surface area contributed by atoms with Crippen LogP contribution >= 0.6 is 0 Å². The summed E-state index contributed by atoms with van der Waals surface area (Å²) in [7, 11) is 0. The highest BCUT2D eigenvalue weighted by molar-refractivity contribution is 5.85. The van der Waals surface area contributed by atoms with E-state index in [4.69, 9.17) is 4.74 Å². The van der Waals surface area contributed by atoms with E-state index in [1.807, 2.05) is 13.8 Å². The minimum Gasteiger partial charge on any atom is -0.466 e. The molecule has 272 valence electrons. The van der Waals surface area contributed by atoms with Crippen LogP contribution in [0.1, 0.15) is 91.8 Å². The SMILES string of the molecule is CCOC(=O)C[C@H](CC(=O)C(CC(C)C)n1cc(CCN2CCC2)c(C)cc1=O)c1c(F)c(-c2c(C)ccc(F)c2C)cc(C(F)(F)F)c1F. The van der Waals surface area contributed by atoms with Gasteiger partial charge >= 0.3 is 12.1 Å². The Balaban J connectivity index is 1.88. The van der Waals surface area contributed by atoms with Gasteiger partial charge in [-0.2, -0.15) is 13.2 Å². The van der Waals surface area contributed by atoms with Gasteiger partial charge in [-0.25, -0.2) is 13.2 Å². The van der Waals surface area contributed by atoms with Gasteiger partial charge in [0.15, 0.2) is 5.78 Å². The summed E-state index contributed by atoms with van der Waals surface area (Å²) in [4.78, 5) is 42.7. The van der Waals surface area contributed by atoms with Gasteiger partial charge in [-0.3, -0.25) is 14.4 Å². The van der Waals surface area contributed by atoms with Crippen LogP contribution in [-0.4, -0.2) is 47.5 Å². The van der Waals surface area contributed by atoms with Crippen LogP contribution in [0.15, 0.2) is 35.3 Å². The van der Waals surface area contributed by atoms with E-state index in [0.717, 1.165) is 43.2 Å². The third-order valence-electron chi connectivity index (χ3n) is 9.43. The van der Waals surface area contributed by atoms with Crippen molar-refractivity contribution in [2.45, 2.75) is 91.8 Å². The number of pyridine rings is 1. The summed E-state index contributed by atoms with van der Waals surface area (Å²) in [5, 5.41) is 0. The molecule has 0 N–H and O–H groups in total. The normalized spacial score (nSPS) is 14.8. The second-order valence-electron chi connectivity index (χ2n) is 13.6. The Morgan fingerprint density at radius 2 is 1.64 bits per heavy atom. The number of carbonyl (C=O) groups is 2. The quantitative estimate of drug-likeness (QED) is 0.124. The molecular weight excluding hydrogens is 662 g/mol. The number of nitrogens with zero attached hydrogens (tertiary/aromatic N) is 2. The Labute approximate surface area is 288 Å². The molecule has 1 fully saturated rings. The van der Waals surface area contributed by atoms with Gasteiger partial charge in [0.05, 0.1) is 24.6 Å². The molecule has 2 atom stereocenters. The largest absolute Gasteiger partial charge is 0.466 e. The van der Waals surface area contributed by atoms with Crippen LogP contribution in [0.25, 0.3) is 11.1 Å². The maximum Gasteiger partial charge on any atom is 0.419 e. The highest BCUT2D eigenvalue weighted by atomic mass is 19.4. The third kappa shape index (κ3) is 8.68. The van der Waals surface area contributed by atoms with Crippen LogP contribution in [0, 0.1) is 44.1 Å². The molecule has 0 amide bonds. The summed E-state index contributed by atoms with van der Waals surface area (Å²) in [5.41, 5.74) is -2.71. The number of hydrogen-bond donors (Lipinski definition) is 0. The number of benzene rings is 2. The van der Waals surface area contributed by atoms with Crippen molar-refractivity contribution in [1.29, 1.82) is 0 Å². The number of rotatable bonds is 14. The van der Waals surface area contributed by atoms with E-state index >= 15 is 8.78 Å². The fourth-order valence-electron chi connectivity index (χ4n) is 6.64. The van der Waals surface area contributed by atoms with Crippen LogP contribution < -0.4 is 5.56 Å². The number of esters is 1. The fourth-order valence-corrected chi connectivity index (χ4v) is 6.64.